The maximum Gasteiger partial charge on any atom is 0.249 e. The summed E-state index contributed by atoms with van der Waals surface area (Å²) in [4.78, 5) is 49.1. The van der Waals surface area contributed by atoms with Gasteiger partial charge in [0.05, 0.1) is 17.4 Å². The molecular formula is C34H57N3O5. The van der Waals surface area contributed by atoms with Crippen LogP contribution in [0.5, 0.6) is 0 Å². The highest BCUT2D eigenvalue weighted by molar-refractivity contribution is 5.99. The van der Waals surface area contributed by atoms with Gasteiger partial charge in [-0.15, -0.1) is 13.2 Å². The number of unbranched alkanes of at least 4 members (excludes halogenated alkanes) is 2. The highest BCUT2D eigenvalue weighted by Gasteiger charge is 2.80. The summed E-state index contributed by atoms with van der Waals surface area (Å²) in [7, 11) is 0. The summed E-state index contributed by atoms with van der Waals surface area (Å²) >= 11 is 0. The van der Waals surface area contributed by atoms with Crippen molar-refractivity contribution < 1.29 is 24.2 Å². The summed E-state index contributed by atoms with van der Waals surface area (Å²) in [5.74, 6) is -1.79. The lowest BCUT2D eigenvalue weighted by molar-refractivity contribution is -0.158. The normalized spacial score (nSPS) is 30.4. The van der Waals surface area contributed by atoms with Crippen molar-refractivity contribution in [3.8, 4) is 0 Å². The molecule has 42 heavy (non-hydrogen) atoms. The highest BCUT2D eigenvalue weighted by atomic mass is 16.5. The zero-order valence-corrected chi connectivity index (χ0v) is 27.6. The van der Waals surface area contributed by atoms with Crippen LogP contribution in [0.1, 0.15) is 93.9 Å². The van der Waals surface area contributed by atoms with Gasteiger partial charge in [-0.3, -0.25) is 14.4 Å². The predicted octanol–water partition coefficient (Wildman–Crippen LogP) is 4.81. The Bertz CT molecular complexity index is 1030. The lowest BCUT2D eigenvalue weighted by Crippen LogP contribution is -2.61. The number of aliphatic hydroxyl groups excluding tert-OH is 1. The van der Waals surface area contributed by atoms with Crippen molar-refractivity contribution >= 4 is 17.7 Å². The second-order valence-corrected chi connectivity index (χ2v) is 14.9. The molecule has 0 aromatic rings. The monoisotopic (exact) mass is 587 g/mol. The first-order valence-corrected chi connectivity index (χ1v) is 16.0. The number of carbonyl (C=O) groups is 3. The van der Waals surface area contributed by atoms with Crippen molar-refractivity contribution in [3.05, 3.63) is 25.3 Å². The average molecular weight is 588 g/mol. The van der Waals surface area contributed by atoms with Crippen LogP contribution < -0.4 is 0 Å². The van der Waals surface area contributed by atoms with Crippen molar-refractivity contribution in [2.75, 3.05) is 32.8 Å². The largest absolute Gasteiger partial charge is 0.396 e. The second kappa shape index (κ2) is 12.8. The van der Waals surface area contributed by atoms with E-state index in [0.29, 0.717) is 45.4 Å². The number of hydrogen-bond donors (Lipinski definition) is 1. The third kappa shape index (κ3) is 6.08. The van der Waals surface area contributed by atoms with Crippen LogP contribution in [-0.4, -0.2) is 93.1 Å². The molecule has 1 spiro atoms. The second-order valence-electron chi connectivity index (χ2n) is 14.9. The molecule has 2 bridgehead atoms. The summed E-state index contributed by atoms with van der Waals surface area (Å²) in [5, 5.41) is 9.35. The highest BCUT2D eigenvalue weighted by Crippen LogP contribution is 2.65. The molecular weight excluding hydrogens is 530 g/mol. The van der Waals surface area contributed by atoms with E-state index in [-0.39, 0.29) is 35.7 Å². The molecule has 3 unspecified atom stereocenters. The Morgan fingerprint density at radius 3 is 2.29 bits per heavy atom. The van der Waals surface area contributed by atoms with E-state index in [1.54, 1.807) is 22.0 Å². The van der Waals surface area contributed by atoms with Crippen molar-refractivity contribution in [2.24, 2.45) is 23.2 Å². The van der Waals surface area contributed by atoms with Gasteiger partial charge in [0.1, 0.15) is 11.6 Å². The smallest absolute Gasteiger partial charge is 0.249 e. The Hall–Kier alpha value is -2.19. The van der Waals surface area contributed by atoms with E-state index < -0.39 is 34.6 Å². The van der Waals surface area contributed by atoms with E-state index in [1.165, 1.54) is 0 Å². The number of rotatable bonds is 15. The Morgan fingerprint density at radius 2 is 1.74 bits per heavy atom. The molecule has 3 aliphatic heterocycles. The molecule has 3 rings (SSSR count). The lowest BCUT2D eigenvalue weighted by atomic mass is 9.62. The molecule has 8 heteroatoms. The molecule has 3 amide bonds. The first-order chi connectivity index (χ1) is 19.6. The summed E-state index contributed by atoms with van der Waals surface area (Å²) in [6, 6.07) is -0.829. The number of hydrogen-bond acceptors (Lipinski definition) is 5. The molecule has 0 saturated carbocycles. The summed E-state index contributed by atoms with van der Waals surface area (Å²) in [6.45, 7) is 26.4. The molecule has 0 radical (unpaired) electrons. The minimum absolute atomic E-state index is 0.0113. The molecule has 3 saturated heterocycles. The fourth-order valence-corrected chi connectivity index (χ4v) is 8.42. The third-order valence-corrected chi connectivity index (χ3v) is 9.80. The summed E-state index contributed by atoms with van der Waals surface area (Å²) in [5.41, 5.74) is -2.47. The number of nitrogens with zero attached hydrogens (tertiary/aromatic N) is 3. The first-order valence-electron chi connectivity index (χ1n) is 16.0. The Kier molecular flexibility index (Phi) is 10.5. The molecule has 6 atom stereocenters. The van der Waals surface area contributed by atoms with Crippen LogP contribution in [0.2, 0.25) is 0 Å². The molecule has 3 aliphatic rings. The SMILES string of the molecule is C=CCN(CCC)C(=O)[C@@H]1[C@H]2C(=O)N(CCCCCO)C(C(=O)N(CC=C)C(C)(C)CC(C)(C)C)C23CC(C)[C@@]1(C)O3. The van der Waals surface area contributed by atoms with Gasteiger partial charge in [-0.2, -0.15) is 0 Å². The predicted molar refractivity (Wildman–Crippen MR) is 167 cm³/mol. The molecule has 0 aromatic carbocycles. The summed E-state index contributed by atoms with van der Waals surface area (Å²) in [6.07, 6.45) is 7.62. The van der Waals surface area contributed by atoms with E-state index in [2.05, 4.69) is 54.7 Å². The van der Waals surface area contributed by atoms with Gasteiger partial charge in [0.2, 0.25) is 17.7 Å². The van der Waals surface area contributed by atoms with Gasteiger partial charge < -0.3 is 24.5 Å². The van der Waals surface area contributed by atoms with Crippen LogP contribution in [0, 0.1) is 23.2 Å². The molecule has 8 nitrogen and oxygen atoms in total. The molecule has 238 valence electrons. The zero-order chi connectivity index (χ0) is 31.7. The van der Waals surface area contributed by atoms with E-state index in [4.69, 9.17) is 4.74 Å². The number of fused-ring (bicyclic) bond motifs is 1. The molecule has 1 N–H and O–H groups in total. The van der Waals surface area contributed by atoms with E-state index in [9.17, 15) is 19.5 Å². The van der Waals surface area contributed by atoms with Crippen molar-refractivity contribution in [1.82, 2.24) is 14.7 Å². The van der Waals surface area contributed by atoms with Gasteiger partial charge >= 0.3 is 0 Å². The first kappa shape index (κ1) is 34.3. The molecule has 3 heterocycles. The average Bonchev–Trinajstić information content (AvgIpc) is 3.39. The van der Waals surface area contributed by atoms with Crippen LogP contribution >= 0.6 is 0 Å². The number of ether oxygens (including phenoxy) is 1. The van der Waals surface area contributed by atoms with Gasteiger partial charge in [-0.25, -0.2) is 0 Å². The van der Waals surface area contributed by atoms with Crippen molar-refractivity contribution in [3.63, 3.8) is 0 Å². The molecule has 0 aliphatic carbocycles. The Morgan fingerprint density at radius 1 is 1.10 bits per heavy atom. The zero-order valence-electron chi connectivity index (χ0n) is 27.6. The van der Waals surface area contributed by atoms with Gasteiger partial charge in [0, 0.05) is 38.3 Å². The third-order valence-electron chi connectivity index (χ3n) is 9.80. The van der Waals surface area contributed by atoms with Crippen LogP contribution in [0.25, 0.3) is 0 Å². The maximum absolute atomic E-state index is 14.9. The number of likely N-dealkylation sites (tertiary alicyclic amines) is 1. The van der Waals surface area contributed by atoms with Crippen molar-refractivity contribution in [2.45, 2.75) is 117 Å². The van der Waals surface area contributed by atoms with E-state index in [1.807, 2.05) is 18.7 Å². The van der Waals surface area contributed by atoms with Crippen molar-refractivity contribution in [1.29, 1.82) is 0 Å². The number of aliphatic hydroxyl groups is 1. The molecule has 3 fully saturated rings. The maximum atomic E-state index is 14.9. The van der Waals surface area contributed by atoms with Crippen LogP contribution in [0.3, 0.4) is 0 Å². The van der Waals surface area contributed by atoms with E-state index >= 15 is 0 Å². The summed E-state index contributed by atoms with van der Waals surface area (Å²) < 4.78 is 6.98. The standard InChI is InChI=1S/C34H57N3O5/c1-11-17-35(18-12-2)28(39)25-26-29(40)36(20-15-14-16-21-38)27(34(26)22-24(4)33(25,10)42-34)30(41)37(19-13-3)32(8,9)23-31(5,6)7/h11,13,24-27,38H,1,3,12,14-23H2,2,4-10H3/t24?,25-,26-,27?,33+,34?/m0/s1. The van der Waals surface area contributed by atoms with E-state index in [0.717, 1.165) is 19.3 Å². The topological polar surface area (TPSA) is 90.4 Å². The number of amides is 3. The fraction of sp³-hybridized carbons (Fsp3) is 0.794. The fourth-order valence-electron chi connectivity index (χ4n) is 8.42. The van der Waals surface area contributed by atoms with Crippen LogP contribution in [-0.2, 0) is 19.1 Å². The van der Waals surface area contributed by atoms with Gasteiger partial charge in [0.15, 0.2) is 0 Å². The van der Waals surface area contributed by atoms with Crippen LogP contribution in [0.4, 0.5) is 0 Å². The van der Waals surface area contributed by atoms with Gasteiger partial charge in [-0.05, 0) is 70.6 Å². The molecule has 0 aromatic heterocycles. The Balaban J connectivity index is 2.14. The van der Waals surface area contributed by atoms with Gasteiger partial charge in [-0.1, -0.05) is 46.8 Å². The Labute approximate surface area is 254 Å². The van der Waals surface area contributed by atoms with Gasteiger partial charge in [0.25, 0.3) is 0 Å². The quantitative estimate of drug-likeness (QED) is 0.219. The minimum atomic E-state index is -1.08. The minimum Gasteiger partial charge on any atom is -0.396 e. The van der Waals surface area contributed by atoms with Crippen LogP contribution in [0.15, 0.2) is 25.3 Å². The number of carbonyl (C=O) groups excluding carboxylic acids is 3. The lowest BCUT2D eigenvalue weighted by Gasteiger charge is -2.45.